The van der Waals surface area contributed by atoms with Crippen molar-refractivity contribution < 1.29 is 4.74 Å². The van der Waals surface area contributed by atoms with Gasteiger partial charge in [0.2, 0.25) is 0 Å². The molecule has 0 atom stereocenters. The maximum atomic E-state index is 5.19. The fourth-order valence-electron chi connectivity index (χ4n) is 1.74. The van der Waals surface area contributed by atoms with Crippen LogP contribution in [0.25, 0.3) is 0 Å². The molecule has 2 rings (SSSR count). The van der Waals surface area contributed by atoms with E-state index in [4.69, 9.17) is 4.74 Å². The predicted octanol–water partition coefficient (Wildman–Crippen LogP) is 2.87. The molecule has 0 saturated carbocycles. The zero-order chi connectivity index (χ0) is 9.10. The predicted molar refractivity (Wildman–Crippen MR) is 61.7 cm³/mol. The van der Waals surface area contributed by atoms with Gasteiger partial charge in [-0.2, -0.15) is 0 Å². The van der Waals surface area contributed by atoms with Gasteiger partial charge in [0.05, 0.1) is 7.11 Å². The molecule has 2 nitrogen and oxygen atoms in total. The number of ether oxygens (including phenoxy) is 1. The minimum absolute atomic E-state index is 0. The van der Waals surface area contributed by atoms with Crippen LogP contribution >= 0.6 is 12.4 Å². The molecule has 14 heavy (non-hydrogen) atoms. The zero-order valence-electron chi connectivity index (χ0n) is 8.38. The number of benzene rings is 1. The number of hydrogen-bond acceptors (Lipinski definition) is 2. The van der Waals surface area contributed by atoms with E-state index in [9.17, 15) is 0 Å². The van der Waals surface area contributed by atoms with Gasteiger partial charge in [0.1, 0.15) is 5.75 Å². The molecule has 0 saturated heterocycles. The van der Waals surface area contributed by atoms with Gasteiger partial charge >= 0.3 is 0 Å². The molecule has 1 N–H and O–H groups in total. The second-order valence-electron chi connectivity index (χ2n) is 3.41. The third kappa shape index (κ3) is 2.32. The van der Waals surface area contributed by atoms with Crippen LogP contribution in [0.4, 0.5) is 5.69 Å². The molecule has 3 heteroatoms. The first-order valence-electron chi connectivity index (χ1n) is 4.81. The van der Waals surface area contributed by atoms with E-state index in [-0.39, 0.29) is 12.4 Å². The lowest BCUT2D eigenvalue weighted by molar-refractivity contribution is 0.414. The van der Waals surface area contributed by atoms with Crippen LogP contribution in [0.2, 0.25) is 0 Å². The summed E-state index contributed by atoms with van der Waals surface area (Å²) in [4.78, 5) is 0. The van der Waals surface area contributed by atoms with Crippen LogP contribution in [0.3, 0.4) is 0 Å². The fraction of sp³-hybridized carbons (Fsp3) is 0.455. The number of fused-ring (bicyclic) bond motifs is 1. The molecule has 0 radical (unpaired) electrons. The van der Waals surface area contributed by atoms with Crippen molar-refractivity contribution in [3.05, 3.63) is 23.8 Å². The average molecular weight is 214 g/mol. The monoisotopic (exact) mass is 213 g/mol. The van der Waals surface area contributed by atoms with Crippen molar-refractivity contribution in [1.29, 1.82) is 0 Å². The van der Waals surface area contributed by atoms with Crippen LogP contribution < -0.4 is 10.1 Å². The molecule has 0 fully saturated rings. The van der Waals surface area contributed by atoms with Crippen LogP contribution in [0.5, 0.6) is 5.75 Å². The highest BCUT2D eigenvalue weighted by Gasteiger charge is 2.07. The summed E-state index contributed by atoms with van der Waals surface area (Å²) in [5, 5.41) is 3.42. The highest BCUT2D eigenvalue weighted by molar-refractivity contribution is 5.85. The molecule has 0 bridgehead atoms. The molecule has 0 unspecified atom stereocenters. The number of rotatable bonds is 1. The van der Waals surface area contributed by atoms with Gasteiger partial charge in [0.15, 0.2) is 0 Å². The van der Waals surface area contributed by atoms with Crippen LogP contribution in [0.1, 0.15) is 18.4 Å². The smallest absolute Gasteiger partial charge is 0.119 e. The SMILES string of the molecule is COc1ccc2c(c1)CCCCN2.Cl. The molecular formula is C11H16ClNO. The van der Waals surface area contributed by atoms with E-state index >= 15 is 0 Å². The van der Waals surface area contributed by atoms with Crippen molar-refractivity contribution >= 4 is 18.1 Å². The van der Waals surface area contributed by atoms with Gasteiger partial charge in [0, 0.05) is 12.2 Å². The van der Waals surface area contributed by atoms with Gasteiger partial charge in [0.25, 0.3) is 0 Å². The molecule has 78 valence electrons. The quantitative estimate of drug-likeness (QED) is 0.775. The van der Waals surface area contributed by atoms with Crippen molar-refractivity contribution in [2.45, 2.75) is 19.3 Å². The highest BCUT2D eigenvalue weighted by Crippen LogP contribution is 2.25. The molecule has 1 aromatic rings. The Labute approximate surface area is 91.1 Å². The molecule has 0 amide bonds. The van der Waals surface area contributed by atoms with E-state index in [1.807, 2.05) is 6.07 Å². The number of methoxy groups -OCH3 is 1. The molecule has 1 aliphatic heterocycles. The van der Waals surface area contributed by atoms with Gasteiger partial charge in [-0.05, 0) is 43.0 Å². The van der Waals surface area contributed by atoms with Gasteiger partial charge < -0.3 is 10.1 Å². The fourth-order valence-corrected chi connectivity index (χ4v) is 1.74. The van der Waals surface area contributed by atoms with E-state index in [0.29, 0.717) is 0 Å². The lowest BCUT2D eigenvalue weighted by atomic mass is 10.1. The Kier molecular flexibility index (Phi) is 4.08. The van der Waals surface area contributed by atoms with Gasteiger partial charge in [-0.25, -0.2) is 0 Å². The van der Waals surface area contributed by atoms with E-state index in [2.05, 4.69) is 17.4 Å². The van der Waals surface area contributed by atoms with Crippen LogP contribution in [0.15, 0.2) is 18.2 Å². The van der Waals surface area contributed by atoms with Crippen molar-refractivity contribution in [3.63, 3.8) is 0 Å². The molecule has 1 heterocycles. The second-order valence-corrected chi connectivity index (χ2v) is 3.41. The van der Waals surface area contributed by atoms with Crippen LogP contribution in [-0.4, -0.2) is 13.7 Å². The Bertz CT molecular complexity index is 301. The zero-order valence-corrected chi connectivity index (χ0v) is 9.19. The van der Waals surface area contributed by atoms with Gasteiger partial charge in [-0.15, -0.1) is 12.4 Å². The topological polar surface area (TPSA) is 21.3 Å². The van der Waals surface area contributed by atoms with Gasteiger partial charge in [-0.1, -0.05) is 0 Å². The average Bonchev–Trinajstić information content (AvgIpc) is 2.41. The largest absolute Gasteiger partial charge is 0.497 e. The Balaban J connectivity index is 0.000000980. The maximum absolute atomic E-state index is 5.19. The molecule has 1 aliphatic rings. The Morgan fingerprint density at radius 3 is 2.93 bits per heavy atom. The maximum Gasteiger partial charge on any atom is 0.119 e. The third-order valence-corrected chi connectivity index (χ3v) is 2.50. The van der Waals surface area contributed by atoms with Crippen molar-refractivity contribution in [3.8, 4) is 5.75 Å². The Morgan fingerprint density at radius 2 is 2.14 bits per heavy atom. The number of nitrogens with one attached hydrogen (secondary N) is 1. The van der Waals surface area contributed by atoms with Crippen molar-refractivity contribution in [2.75, 3.05) is 19.0 Å². The van der Waals surface area contributed by atoms with E-state index in [1.165, 1.54) is 30.5 Å². The first-order valence-corrected chi connectivity index (χ1v) is 4.81. The summed E-state index contributed by atoms with van der Waals surface area (Å²) in [6, 6.07) is 6.25. The first-order chi connectivity index (χ1) is 6.40. The molecule has 0 aromatic heterocycles. The summed E-state index contributed by atoms with van der Waals surface area (Å²) in [5.74, 6) is 0.961. The molecule has 0 aliphatic carbocycles. The first kappa shape index (κ1) is 11.2. The minimum atomic E-state index is 0. The van der Waals surface area contributed by atoms with Gasteiger partial charge in [-0.3, -0.25) is 0 Å². The molecule has 0 spiro atoms. The minimum Gasteiger partial charge on any atom is -0.497 e. The van der Waals surface area contributed by atoms with E-state index in [1.54, 1.807) is 7.11 Å². The molecular weight excluding hydrogens is 198 g/mol. The molecule has 1 aromatic carbocycles. The summed E-state index contributed by atoms with van der Waals surface area (Å²) in [7, 11) is 1.71. The van der Waals surface area contributed by atoms with Crippen molar-refractivity contribution in [1.82, 2.24) is 0 Å². The lowest BCUT2D eigenvalue weighted by Gasteiger charge is -2.08. The highest BCUT2D eigenvalue weighted by atomic mass is 35.5. The van der Waals surface area contributed by atoms with E-state index in [0.717, 1.165) is 12.3 Å². The summed E-state index contributed by atoms with van der Waals surface area (Å²) in [5.41, 5.74) is 2.66. The van der Waals surface area contributed by atoms with Crippen LogP contribution in [0, 0.1) is 0 Å². The normalized spacial score (nSPS) is 14.4. The number of halogens is 1. The lowest BCUT2D eigenvalue weighted by Crippen LogP contribution is -1.99. The van der Waals surface area contributed by atoms with E-state index < -0.39 is 0 Å². The van der Waals surface area contributed by atoms with Crippen molar-refractivity contribution in [2.24, 2.45) is 0 Å². The summed E-state index contributed by atoms with van der Waals surface area (Å²) >= 11 is 0. The Morgan fingerprint density at radius 1 is 1.29 bits per heavy atom. The summed E-state index contributed by atoms with van der Waals surface area (Å²) < 4.78 is 5.19. The number of anilines is 1. The standard InChI is InChI=1S/C11H15NO.ClH/c1-13-10-5-6-11-9(8-10)4-2-3-7-12-11;/h5-6,8,12H,2-4,7H2,1H3;1H. The Hall–Kier alpha value is -0.890. The number of aryl methyl sites for hydroxylation is 1. The summed E-state index contributed by atoms with van der Waals surface area (Å²) in [6.07, 6.45) is 3.70. The number of hydrogen-bond donors (Lipinski definition) is 1. The third-order valence-electron chi connectivity index (χ3n) is 2.50. The van der Waals surface area contributed by atoms with Crippen LogP contribution in [-0.2, 0) is 6.42 Å². The summed E-state index contributed by atoms with van der Waals surface area (Å²) in [6.45, 7) is 1.10. The second kappa shape index (κ2) is 5.11.